The Labute approximate surface area is 253 Å². The van der Waals surface area contributed by atoms with Crippen LogP contribution in [-0.4, -0.2) is 70.1 Å². The van der Waals surface area contributed by atoms with Crippen molar-refractivity contribution in [2.75, 3.05) is 40.1 Å². The van der Waals surface area contributed by atoms with Gasteiger partial charge in [-0.1, -0.05) is 66.7 Å². The Balaban J connectivity index is 1.45. The van der Waals surface area contributed by atoms with E-state index in [-0.39, 0.29) is 19.1 Å². The maximum atomic E-state index is 13.4. The van der Waals surface area contributed by atoms with Gasteiger partial charge in [0.15, 0.2) is 0 Å². The molecule has 1 heterocycles. The number of benzene rings is 3. The van der Waals surface area contributed by atoms with Crippen molar-refractivity contribution in [1.29, 1.82) is 0 Å². The Morgan fingerprint density at radius 1 is 1.05 bits per heavy atom. The molecule has 1 fully saturated rings. The fourth-order valence-corrected chi connectivity index (χ4v) is 6.19. The predicted molar refractivity (Wildman–Crippen MR) is 163 cm³/mol. The van der Waals surface area contributed by atoms with Gasteiger partial charge in [-0.05, 0) is 54.9 Å². The van der Waals surface area contributed by atoms with Crippen LogP contribution in [0, 0.1) is 0 Å². The van der Waals surface area contributed by atoms with Crippen molar-refractivity contribution in [2.24, 2.45) is 0 Å². The van der Waals surface area contributed by atoms with Gasteiger partial charge in [0.05, 0.1) is 18.8 Å². The van der Waals surface area contributed by atoms with Crippen LogP contribution in [0.25, 0.3) is 0 Å². The molecule has 0 aliphatic carbocycles. The average molecular weight is 613 g/mol. The summed E-state index contributed by atoms with van der Waals surface area (Å²) in [6.45, 7) is 1.70. The number of amides is 1. The molecule has 0 bridgehead atoms. The third-order valence-electron chi connectivity index (χ3n) is 7.13. The molecular weight excluding hydrogens is 572 g/mol. The highest BCUT2D eigenvalue weighted by Gasteiger charge is 2.30. The van der Waals surface area contributed by atoms with Gasteiger partial charge in [0, 0.05) is 26.3 Å². The minimum Gasteiger partial charge on any atom is -0.491 e. The molecule has 43 heavy (non-hydrogen) atoms. The van der Waals surface area contributed by atoms with E-state index in [1.54, 1.807) is 13.2 Å². The van der Waals surface area contributed by atoms with E-state index in [9.17, 15) is 18.3 Å². The summed E-state index contributed by atoms with van der Waals surface area (Å²) < 4.78 is 52.6. The van der Waals surface area contributed by atoms with E-state index in [1.165, 1.54) is 0 Å². The number of hydrogen-bond donors (Lipinski definition) is 2. The van der Waals surface area contributed by atoms with Crippen molar-refractivity contribution in [3.05, 3.63) is 95.6 Å². The number of rotatable bonds is 17. The second-order valence-corrected chi connectivity index (χ2v) is 11.9. The SMILES string of the molecule is COCCOc1ccc(CCCN(C(=O)O)S(=O)(=O)NC(Cc2ccccc2)c2ccccc2)c(OCC2CCCO2)c1. The third kappa shape index (κ3) is 9.96. The van der Waals surface area contributed by atoms with E-state index in [2.05, 4.69) is 4.72 Å². The molecular formula is C32H40N2O8S. The first-order chi connectivity index (χ1) is 20.9. The first-order valence-corrected chi connectivity index (χ1v) is 15.9. The maximum absolute atomic E-state index is 13.4. The first-order valence-electron chi connectivity index (χ1n) is 14.5. The van der Waals surface area contributed by atoms with Crippen molar-refractivity contribution in [1.82, 2.24) is 9.03 Å². The normalized spacial score (nSPS) is 15.6. The summed E-state index contributed by atoms with van der Waals surface area (Å²) in [5.41, 5.74) is 2.48. The summed E-state index contributed by atoms with van der Waals surface area (Å²) in [6.07, 6.45) is 1.39. The maximum Gasteiger partial charge on any atom is 0.422 e. The molecule has 11 heteroatoms. The van der Waals surface area contributed by atoms with Crippen LogP contribution in [0.4, 0.5) is 4.79 Å². The summed E-state index contributed by atoms with van der Waals surface area (Å²) in [5.74, 6) is 1.22. The van der Waals surface area contributed by atoms with Crippen LogP contribution in [0.15, 0.2) is 78.9 Å². The number of nitrogens with zero attached hydrogens (tertiary/aromatic N) is 1. The molecule has 0 saturated carbocycles. The Kier molecular flexibility index (Phi) is 12.2. The minimum absolute atomic E-state index is 0.0121. The van der Waals surface area contributed by atoms with Gasteiger partial charge >= 0.3 is 16.3 Å². The fraction of sp³-hybridized carbons (Fsp3) is 0.406. The second-order valence-electron chi connectivity index (χ2n) is 10.3. The highest BCUT2D eigenvalue weighted by Crippen LogP contribution is 2.28. The molecule has 3 aromatic carbocycles. The van der Waals surface area contributed by atoms with Gasteiger partial charge in [0.25, 0.3) is 0 Å². The summed E-state index contributed by atoms with van der Waals surface area (Å²) in [4.78, 5) is 12.2. The highest BCUT2D eigenvalue weighted by atomic mass is 32.2. The van der Waals surface area contributed by atoms with Crippen molar-refractivity contribution in [3.8, 4) is 11.5 Å². The third-order valence-corrected chi connectivity index (χ3v) is 8.63. The standard InChI is InChI=1S/C32H40N2O8S/c1-39-20-21-41-28-17-16-27(31(23-28)42-24-29-15-9-19-40-29)14-8-18-34(32(35)36)43(37,38)33-30(26-12-6-3-7-13-26)22-25-10-4-2-5-11-25/h2-7,10-13,16-17,23,29-30,33H,8-9,14-15,18-22,24H2,1H3,(H,35,36). The van der Waals surface area contributed by atoms with Gasteiger partial charge < -0.3 is 24.1 Å². The monoisotopic (exact) mass is 612 g/mol. The molecule has 2 unspecified atom stereocenters. The molecule has 232 valence electrons. The summed E-state index contributed by atoms with van der Waals surface area (Å²) in [5, 5.41) is 9.92. The quantitative estimate of drug-likeness (QED) is 0.204. The van der Waals surface area contributed by atoms with Crippen LogP contribution in [0.1, 0.15) is 42.0 Å². The number of hydrogen-bond acceptors (Lipinski definition) is 7. The minimum atomic E-state index is -4.39. The Morgan fingerprint density at radius 3 is 2.47 bits per heavy atom. The molecule has 10 nitrogen and oxygen atoms in total. The molecule has 2 atom stereocenters. The fourth-order valence-electron chi connectivity index (χ4n) is 4.90. The lowest BCUT2D eigenvalue weighted by Crippen LogP contribution is -2.46. The van der Waals surface area contributed by atoms with Crippen LogP contribution < -0.4 is 14.2 Å². The van der Waals surface area contributed by atoms with Gasteiger partial charge in [-0.25, -0.2) is 4.79 Å². The number of carbonyl (C=O) groups is 1. The molecule has 2 N–H and O–H groups in total. The van der Waals surface area contributed by atoms with E-state index in [4.69, 9.17) is 18.9 Å². The van der Waals surface area contributed by atoms with Crippen LogP contribution in [-0.2, 0) is 32.5 Å². The Hall–Kier alpha value is -3.64. The summed E-state index contributed by atoms with van der Waals surface area (Å²) in [6, 6.07) is 23.4. The topological polar surface area (TPSA) is 124 Å². The number of ether oxygens (including phenoxy) is 4. The van der Waals surface area contributed by atoms with Gasteiger partial charge in [-0.3, -0.25) is 0 Å². The molecule has 1 aliphatic heterocycles. The molecule has 1 aliphatic rings. The van der Waals surface area contributed by atoms with E-state index in [0.29, 0.717) is 55.1 Å². The van der Waals surface area contributed by atoms with Crippen LogP contribution >= 0.6 is 0 Å². The molecule has 0 spiro atoms. The summed E-state index contributed by atoms with van der Waals surface area (Å²) in [7, 11) is -2.79. The lowest BCUT2D eigenvalue weighted by Gasteiger charge is -2.25. The van der Waals surface area contributed by atoms with Crippen molar-refractivity contribution < 1.29 is 37.3 Å². The Morgan fingerprint density at radius 2 is 1.79 bits per heavy atom. The molecule has 0 aromatic heterocycles. The zero-order valence-corrected chi connectivity index (χ0v) is 25.2. The number of nitrogens with one attached hydrogen (secondary N) is 1. The van der Waals surface area contributed by atoms with Crippen molar-refractivity contribution >= 4 is 16.3 Å². The summed E-state index contributed by atoms with van der Waals surface area (Å²) >= 11 is 0. The van der Waals surface area contributed by atoms with Crippen LogP contribution in [0.5, 0.6) is 11.5 Å². The van der Waals surface area contributed by atoms with E-state index < -0.39 is 22.3 Å². The number of methoxy groups -OCH3 is 1. The van der Waals surface area contributed by atoms with Crippen molar-refractivity contribution in [3.63, 3.8) is 0 Å². The first kappa shape index (κ1) is 32.3. The van der Waals surface area contributed by atoms with Gasteiger partial charge in [0.2, 0.25) is 0 Å². The smallest absolute Gasteiger partial charge is 0.422 e. The van der Waals surface area contributed by atoms with E-state index in [1.807, 2.05) is 72.8 Å². The van der Waals surface area contributed by atoms with Crippen molar-refractivity contribution in [2.45, 2.75) is 44.2 Å². The molecule has 4 rings (SSSR count). The Bertz CT molecular complexity index is 1380. The lowest BCUT2D eigenvalue weighted by molar-refractivity contribution is 0.0674. The van der Waals surface area contributed by atoms with Gasteiger partial charge in [-0.15, -0.1) is 0 Å². The number of aryl methyl sites for hydroxylation is 1. The molecule has 3 aromatic rings. The molecule has 1 amide bonds. The lowest BCUT2D eigenvalue weighted by atomic mass is 10.00. The van der Waals surface area contributed by atoms with Crippen LogP contribution in [0.3, 0.4) is 0 Å². The highest BCUT2D eigenvalue weighted by molar-refractivity contribution is 7.87. The zero-order chi connectivity index (χ0) is 30.5. The van der Waals surface area contributed by atoms with E-state index in [0.717, 1.165) is 29.5 Å². The predicted octanol–water partition coefficient (Wildman–Crippen LogP) is 5.00. The second kappa shape index (κ2) is 16.3. The molecule has 0 radical (unpaired) electrons. The van der Waals surface area contributed by atoms with Gasteiger partial charge in [-0.2, -0.15) is 17.4 Å². The van der Waals surface area contributed by atoms with E-state index >= 15 is 0 Å². The number of carboxylic acid groups (broad SMARTS) is 1. The zero-order valence-electron chi connectivity index (χ0n) is 24.4. The largest absolute Gasteiger partial charge is 0.491 e. The van der Waals surface area contributed by atoms with Crippen LogP contribution in [0.2, 0.25) is 0 Å². The average Bonchev–Trinajstić information content (AvgIpc) is 3.53. The van der Waals surface area contributed by atoms with Gasteiger partial charge in [0.1, 0.15) is 24.7 Å². The molecule has 1 saturated heterocycles.